The predicted molar refractivity (Wildman–Crippen MR) is 41.3 cm³/mol. The molecule has 2 bridgehead atoms. The molecular formula is C8H15NO2. The van der Waals surface area contributed by atoms with Crippen LogP contribution in [0.4, 0.5) is 0 Å². The van der Waals surface area contributed by atoms with Crippen molar-refractivity contribution in [2.24, 2.45) is 0 Å². The first-order valence-corrected chi connectivity index (χ1v) is 4.27. The first-order chi connectivity index (χ1) is 5.25. The van der Waals surface area contributed by atoms with E-state index in [4.69, 9.17) is 9.47 Å². The third-order valence-corrected chi connectivity index (χ3v) is 2.36. The molecule has 0 amide bonds. The Balaban J connectivity index is 1.97. The second kappa shape index (κ2) is 2.73. The molecule has 0 N–H and O–H groups in total. The van der Waals surface area contributed by atoms with Crippen LogP contribution >= 0.6 is 0 Å². The molecule has 0 spiro atoms. The number of rotatable bonds is 1. The van der Waals surface area contributed by atoms with Gasteiger partial charge in [-0.1, -0.05) is 0 Å². The van der Waals surface area contributed by atoms with Gasteiger partial charge in [-0.15, -0.1) is 0 Å². The molecule has 0 saturated carbocycles. The van der Waals surface area contributed by atoms with Crippen LogP contribution in [-0.4, -0.2) is 43.0 Å². The van der Waals surface area contributed by atoms with Crippen molar-refractivity contribution in [1.29, 1.82) is 0 Å². The van der Waals surface area contributed by atoms with E-state index in [0.29, 0.717) is 12.1 Å². The summed E-state index contributed by atoms with van der Waals surface area (Å²) in [4.78, 5) is 2.41. The lowest BCUT2D eigenvalue weighted by molar-refractivity contribution is -0.114. The minimum Gasteiger partial charge on any atom is -0.349 e. The molecule has 2 aliphatic heterocycles. The van der Waals surface area contributed by atoms with Gasteiger partial charge in [-0.2, -0.15) is 0 Å². The van der Waals surface area contributed by atoms with Gasteiger partial charge in [0.1, 0.15) is 0 Å². The van der Waals surface area contributed by atoms with E-state index in [-0.39, 0.29) is 6.29 Å². The summed E-state index contributed by atoms with van der Waals surface area (Å²) in [5.41, 5.74) is 0. The predicted octanol–water partition coefficient (Wildman–Crippen LogP) is 0.452. The minimum atomic E-state index is 0.0520. The molecule has 0 aromatic heterocycles. The van der Waals surface area contributed by atoms with Gasteiger partial charge in [-0.3, -0.25) is 4.90 Å². The summed E-state index contributed by atoms with van der Waals surface area (Å²) in [5, 5.41) is 0. The number of hydrogen-bond donors (Lipinski definition) is 0. The second-order valence-electron chi connectivity index (χ2n) is 3.57. The molecule has 2 atom stereocenters. The van der Waals surface area contributed by atoms with Crippen molar-refractivity contribution in [2.45, 2.75) is 32.3 Å². The zero-order valence-electron chi connectivity index (χ0n) is 7.12. The molecule has 2 unspecified atom stereocenters. The van der Waals surface area contributed by atoms with Crippen molar-refractivity contribution >= 4 is 0 Å². The second-order valence-corrected chi connectivity index (χ2v) is 3.57. The van der Waals surface area contributed by atoms with Crippen LogP contribution in [0.2, 0.25) is 0 Å². The van der Waals surface area contributed by atoms with Crippen molar-refractivity contribution in [3.8, 4) is 0 Å². The Morgan fingerprint density at radius 2 is 2.18 bits per heavy atom. The molecule has 2 rings (SSSR count). The normalized spacial score (nSPS) is 38.5. The first-order valence-electron chi connectivity index (χ1n) is 4.27. The maximum atomic E-state index is 5.51. The average Bonchev–Trinajstić information content (AvgIpc) is 2.30. The van der Waals surface area contributed by atoms with E-state index in [1.54, 1.807) is 0 Å². The Labute approximate surface area is 67.3 Å². The van der Waals surface area contributed by atoms with E-state index in [1.165, 1.54) is 0 Å². The van der Waals surface area contributed by atoms with Gasteiger partial charge in [0.05, 0.1) is 12.7 Å². The lowest BCUT2D eigenvalue weighted by Gasteiger charge is -2.33. The van der Waals surface area contributed by atoms with Gasteiger partial charge in [-0.05, 0) is 13.8 Å². The first kappa shape index (κ1) is 7.53. The molecule has 3 nitrogen and oxygen atoms in total. The highest BCUT2D eigenvalue weighted by Crippen LogP contribution is 2.20. The zero-order chi connectivity index (χ0) is 7.84. The smallest absolute Gasteiger partial charge is 0.170 e. The fourth-order valence-corrected chi connectivity index (χ4v) is 1.65. The summed E-state index contributed by atoms with van der Waals surface area (Å²) >= 11 is 0. The average molecular weight is 157 g/mol. The van der Waals surface area contributed by atoms with E-state index in [1.807, 2.05) is 0 Å². The fraction of sp³-hybridized carbons (Fsp3) is 1.00. The van der Waals surface area contributed by atoms with Gasteiger partial charge >= 0.3 is 0 Å². The molecule has 0 aromatic rings. The van der Waals surface area contributed by atoms with Gasteiger partial charge in [-0.25, -0.2) is 0 Å². The van der Waals surface area contributed by atoms with Crippen LogP contribution in [0.1, 0.15) is 13.8 Å². The SMILES string of the molecule is CC(C)N1CC2COC(C1)O2. The molecule has 3 heteroatoms. The van der Waals surface area contributed by atoms with Crippen LogP contribution in [0.15, 0.2) is 0 Å². The third-order valence-electron chi connectivity index (χ3n) is 2.36. The fourth-order valence-electron chi connectivity index (χ4n) is 1.65. The molecule has 2 saturated heterocycles. The molecule has 0 aromatic carbocycles. The lowest BCUT2D eigenvalue weighted by Crippen LogP contribution is -2.46. The molecule has 2 heterocycles. The Hall–Kier alpha value is -0.120. The standard InChI is InChI=1S/C8H15NO2/c1-6(2)9-3-7-5-10-8(4-9)11-7/h6-8H,3-5H2,1-2H3. The summed E-state index contributed by atoms with van der Waals surface area (Å²) in [6, 6.07) is 0.616. The molecular weight excluding hydrogens is 142 g/mol. The Morgan fingerprint density at radius 1 is 1.36 bits per heavy atom. The van der Waals surface area contributed by atoms with Crippen LogP contribution in [0.5, 0.6) is 0 Å². The Kier molecular flexibility index (Phi) is 1.87. The van der Waals surface area contributed by atoms with Crippen LogP contribution in [0.3, 0.4) is 0 Å². The van der Waals surface area contributed by atoms with E-state index in [2.05, 4.69) is 18.7 Å². The van der Waals surface area contributed by atoms with E-state index in [0.717, 1.165) is 19.7 Å². The number of ether oxygens (including phenoxy) is 2. The summed E-state index contributed by atoms with van der Waals surface area (Å²) in [6.07, 6.45) is 0.382. The van der Waals surface area contributed by atoms with Crippen LogP contribution < -0.4 is 0 Å². The van der Waals surface area contributed by atoms with Crippen molar-refractivity contribution in [3.05, 3.63) is 0 Å². The number of hydrogen-bond acceptors (Lipinski definition) is 3. The van der Waals surface area contributed by atoms with E-state index in [9.17, 15) is 0 Å². The molecule has 2 fully saturated rings. The number of morpholine rings is 1. The molecule has 11 heavy (non-hydrogen) atoms. The van der Waals surface area contributed by atoms with Gasteiger partial charge in [0, 0.05) is 19.1 Å². The van der Waals surface area contributed by atoms with E-state index >= 15 is 0 Å². The highest BCUT2D eigenvalue weighted by Gasteiger charge is 2.35. The summed E-state index contributed by atoms with van der Waals surface area (Å²) in [7, 11) is 0. The van der Waals surface area contributed by atoms with Crippen molar-refractivity contribution in [3.63, 3.8) is 0 Å². The Bertz CT molecular complexity index is 137. The summed E-state index contributed by atoms with van der Waals surface area (Å²) in [6.45, 7) is 7.19. The molecule has 0 radical (unpaired) electrons. The highest BCUT2D eigenvalue weighted by atomic mass is 16.7. The van der Waals surface area contributed by atoms with Crippen LogP contribution in [0.25, 0.3) is 0 Å². The van der Waals surface area contributed by atoms with Crippen molar-refractivity contribution in [2.75, 3.05) is 19.7 Å². The van der Waals surface area contributed by atoms with Crippen molar-refractivity contribution in [1.82, 2.24) is 4.90 Å². The quantitative estimate of drug-likeness (QED) is 0.551. The van der Waals surface area contributed by atoms with Crippen LogP contribution in [0, 0.1) is 0 Å². The van der Waals surface area contributed by atoms with Crippen molar-refractivity contribution < 1.29 is 9.47 Å². The number of nitrogens with zero attached hydrogens (tertiary/aromatic N) is 1. The topological polar surface area (TPSA) is 21.7 Å². The maximum Gasteiger partial charge on any atom is 0.170 e. The maximum absolute atomic E-state index is 5.51. The van der Waals surface area contributed by atoms with Gasteiger partial charge in [0.15, 0.2) is 6.29 Å². The van der Waals surface area contributed by atoms with Gasteiger partial charge in [0.25, 0.3) is 0 Å². The Morgan fingerprint density at radius 3 is 2.82 bits per heavy atom. The molecule has 0 aliphatic carbocycles. The lowest BCUT2D eigenvalue weighted by atomic mass is 10.2. The summed E-state index contributed by atoms with van der Waals surface area (Å²) in [5.74, 6) is 0. The minimum absolute atomic E-state index is 0.0520. The monoisotopic (exact) mass is 157 g/mol. The largest absolute Gasteiger partial charge is 0.349 e. The van der Waals surface area contributed by atoms with E-state index < -0.39 is 0 Å². The van der Waals surface area contributed by atoms with Gasteiger partial charge < -0.3 is 9.47 Å². The summed E-state index contributed by atoms with van der Waals surface area (Å²) < 4.78 is 10.9. The third kappa shape index (κ3) is 1.41. The zero-order valence-corrected chi connectivity index (χ0v) is 7.12. The van der Waals surface area contributed by atoms with Gasteiger partial charge in [0.2, 0.25) is 0 Å². The highest BCUT2D eigenvalue weighted by molar-refractivity contribution is 4.80. The van der Waals surface area contributed by atoms with Crippen LogP contribution in [-0.2, 0) is 9.47 Å². The number of fused-ring (bicyclic) bond motifs is 2. The molecule has 2 aliphatic rings. The molecule has 64 valence electrons.